The second kappa shape index (κ2) is 6.58. The van der Waals surface area contributed by atoms with Crippen LogP contribution in [0.4, 0.5) is 0 Å². The molecule has 0 radical (unpaired) electrons. The van der Waals surface area contributed by atoms with E-state index in [9.17, 15) is 0 Å². The zero-order valence-corrected chi connectivity index (χ0v) is 12.7. The fraction of sp³-hybridized carbons (Fsp3) is 0.429. The fourth-order valence-electron chi connectivity index (χ4n) is 1.72. The number of halogens is 2. The van der Waals surface area contributed by atoms with Crippen LogP contribution in [0.25, 0.3) is 0 Å². The van der Waals surface area contributed by atoms with Gasteiger partial charge in [0.1, 0.15) is 0 Å². The lowest BCUT2D eigenvalue weighted by Gasteiger charge is -2.26. The Balaban J connectivity index is 2.83. The standard InChI is InChI=1S/C14H19BrClN/c1-4-14(3,10-17-5-2)9-11-6-7-12(15)8-13(11)16/h4,6-8,17H,1,5,9-10H2,2-3H3. The molecule has 0 bridgehead atoms. The summed E-state index contributed by atoms with van der Waals surface area (Å²) in [4.78, 5) is 0. The molecule has 17 heavy (non-hydrogen) atoms. The van der Waals surface area contributed by atoms with Crippen LogP contribution in [0, 0.1) is 5.41 Å². The van der Waals surface area contributed by atoms with E-state index < -0.39 is 0 Å². The van der Waals surface area contributed by atoms with Crippen LogP contribution in [-0.4, -0.2) is 13.1 Å². The number of rotatable bonds is 6. The predicted octanol–water partition coefficient (Wildman–Crippen LogP) is 4.45. The Labute approximate surface area is 117 Å². The van der Waals surface area contributed by atoms with Gasteiger partial charge in [-0.25, -0.2) is 0 Å². The summed E-state index contributed by atoms with van der Waals surface area (Å²) in [6.45, 7) is 10.1. The molecule has 0 heterocycles. The van der Waals surface area contributed by atoms with Gasteiger partial charge in [0.25, 0.3) is 0 Å². The second-order valence-corrected chi connectivity index (χ2v) is 5.87. The first-order valence-electron chi connectivity index (χ1n) is 5.79. The van der Waals surface area contributed by atoms with Crippen LogP contribution < -0.4 is 5.32 Å². The molecule has 0 aliphatic rings. The van der Waals surface area contributed by atoms with Gasteiger partial charge in [0.05, 0.1) is 0 Å². The first kappa shape index (κ1) is 14.7. The van der Waals surface area contributed by atoms with Crippen molar-refractivity contribution in [3.8, 4) is 0 Å². The van der Waals surface area contributed by atoms with Gasteiger partial charge in [-0.15, -0.1) is 6.58 Å². The van der Waals surface area contributed by atoms with Crippen molar-refractivity contribution < 1.29 is 0 Å². The Morgan fingerprint density at radius 2 is 2.24 bits per heavy atom. The average Bonchev–Trinajstić information content (AvgIpc) is 2.30. The number of nitrogens with one attached hydrogen (secondary N) is 1. The molecule has 1 aromatic rings. The highest BCUT2D eigenvalue weighted by atomic mass is 79.9. The van der Waals surface area contributed by atoms with Crippen LogP contribution in [-0.2, 0) is 6.42 Å². The quantitative estimate of drug-likeness (QED) is 0.765. The topological polar surface area (TPSA) is 12.0 Å². The van der Waals surface area contributed by atoms with Crippen LogP contribution in [0.3, 0.4) is 0 Å². The summed E-state index contributed by atoms with van der Waals surface area (Å²) in [7, 11) is 0. The highest BCUT2D eigenvalue weighted by Crippen LogP contribution is 2.29. The molecule has 94 valence electrons. The van der Waals surface area contributed by atoms with Crippen LogP contribution in [0.15, 0.2) is 35.3 Å². The molecule has 1 rings (SSSR count). The van der Waals surface area contributed by atoms with Gasteiger partial charge in [-0.05, 0) is 30.7 Å². The molecule has 1 unspecified atom stereocenters. The molecular weight excluding hydrogens is 298 g/mol. The van der Waals surface area contributed by atoms with E-state index in [2.05, 4.69) is 47.7 Å². The maximum absolute atomic E-state index is 6.24. The first-order chi connectivity index (χ1) is 8.00. The Bertz CT molecular complexity index is 392. The minimum absolute atomic E-state index is 0.0352. The molecule has 0 spiro atoms. The third kappa shape index (κ3) is 4.46. The predicted molar refractivity (Wildman–Crippen MR) is 79.7 cm³/mol. The monoisotopic (exact) mass is 315 g/mol. The van der Waals surface area contributed by atoms with Gasteiger partial charge in [-0.3, -0.25) is 0 Å². The third-order valence-electron chi connectivity index (χ3n) is 2.88. The fourth-order valence-corrected chi connectivity index (χ4v) is 2.46. The number of hydrogen-bond acceptors (Lipinski definition) is 1. The summed E-state index contributed by atoms with van der Waals surface area (Å²) >= 11 is 9.66. The van der Waals surface area contributed by atoms with Gasteiger partial charge >= 0.3 is 0 Å². The van der Waals surface area contributed by atoms with Gasteiger partial charge in [0.2, 0.25) is 0 Å². The van der Waals surface area contributed by atoms with E-state index in [1.54, 1.807) is 0 Å². The average molecular weight is 317 g/mol. The molecule has 0 saturated carbocycles. The van der Waals surface area contributed by atoms with Gasteiger partial charge in [0, 0.05) is 21.5 Å². The second-order valence-electron chi connectivity index (χ2n) is 4.55. The summed E-state index contributed by atoms with van der Waals surface area (Å²) in [5, 5.41) is 4.18. The molecule has 0 amide bonds. The summed E-state index contributed by atoms with van der Waals surface area (Å²) in [5.74, 6) is 0. The van der Waals surface area contributed by atoms with Crippen LogP contribution >= 0.6 is 27.5 Å². The normalized spacial score (nSPS) is 14.4. The van der Waals surface area contributed by atoms with Crippen molar-refractivity contribution in [2.24, 2.45) is 5.41 Å². The van der Waals surface area contributed by atoms with Gasteiger partial charge in [0.15, 0.2) is 0 Å². The Morgan fingerprint density at radius 1 is 1.53 bits per heavy atom. The van der Waals surface area contributed by atoms with E-state index in [4.69, 9.17) is 11.6 Å². The molecule has 1 aromatic carbocycles. The molecule has 0 saturated heterocycles. The third-order valence-corrected chi connectivity index (χ3v) is 3.73. The van der Waals surface area contributed by atoms with Crippen molar-refractivity contribution in [3.63, 3.8) is 0 Å². The van der Waals surface area contributed by atoms with E-state index in [1.807, 2.05) is 18.2 Å². The Morgan fingerprint density at radius 3 is 2.76 bits per heavy atom. The minimum Gasteiger partial charge on any atom is -0.316 e. The summed E-state index contributed by atoms with van der Waals surface area (Å²) < 4.78 is 1.01. The molecule has 1 atom stereocenters. The van der Waals surface area contributed by atoms with E-state index >= 15 is 0 Å². The lowest BCUT2D eigenvalue weighted by atomic mass is 9.83. The van der Waals surface area contributed by atoms with Gasteiger partial charge in [-0.1, -0.05) is 53.5 Å². The van der Waals surface area contributed by atoms with Crippen molar-refractivity contribution >= 4 is 27.5 Å². The van der Waals surface area contributed by atoms with Crippen molar-refractivity contribution in [1.29, 1.82) is 0 Å². The van der Waals surface area contributed by atoms with Crippen molar-refractivity contribution in [2.45, 2.75) is 20.3 Å². The van der Waals surface area contributed by atoms with Crippen LogP contribution in [0.2, 0.25) is 5.02 Å². The van der Waals surface area contributed by atoms with E-state index in [-0.39, 0.29) is 5.41 Å². The lowest BCUT2D eigenvalue weighted by Crippen LogP contribution is -2.32. The van der Waals surface area contributed by atoms with Crippen LogP contribution in [0.5, 0.6) is 0 Å². The Hall–Kier alpha value is -0.310. The number of hydrogen-bond donors (Lipinski definition) is 1. The lowest BCUT2D eigenvalue weighted by molar-refractivity contribution is 0.396. The summed E-state index contributed by atoms with van der Waals surface area (Å²) in [5.41, 5.74) is 1.20. The maximum atomic E-state index is 6.24. The van der Waals surface area contributed by atoms with Crippen LogP contribution in [0.1, 0.15) is 19.4 Å². The highest BCUT2D eigenvalue weighted by Gasteiger charge is 2.21. The van der Waals surface area contributed by atoms with Crippen molar-refractivity contribution in [3.05, 3.63) is 45.9 Å². The van der Waals surface area contributed by atoms with E-state index in [1.165, 1.54) is 0 Å². The van der Waals surface area contributed by atoms with E-state index in [0.717, 1.165) is 34.6 Å². The molecule has 0 aliphatic carbocycles. The molecular formula is C14H19BrClN. The molecule has 1 N–H and O–H groups in total. The minimum atomic E-state index is 0.0352. The molecule has 0 fully saturated rings. The molecule has 1 nitrogen and oxygen atoms in total. The first-order valence-corrected chi connectivity index (χ1v) is 6.96. The molecule has 0 aromatic heterocycles. The largest absolute Gasteiger partial charge is 0.316 e. The number of benzene rings is 1. The zero-order valence-electron chi connectivity index (χ0n) is 10.4. The molecule has 0 aliphatic heterocycles. The SMILES string of the molecule is C=CC(C)(CNCC)Cc1ccc(Br)cc1Cl. The van der Waals surface area contributed by atoms with Gasteiger partial charge in [-0.2, -0.15) is 0 Å². The highest BCUT2D eigenvalue weighted by molar-refractivity contribution is 9.10. The van der Waals surface area contributed by atoms with Crippen molar-refractivity contribution in [2.75, 3.05) is 13.1 Å². The smallest absolute Gasteiger partial charge is 0.0449 e. The molecule has 3 heteroatoms. The zero-order chi connectivity index (χ0) is 12.9. The van der Waals surface area contributed by atoms with Crippen molar-refractivity contribution in [1.82, 2.24) is 5.32 Å². The summed E-state index contributed by atoms with van der Waals surface area (Å²) in [6.07, 6.45) is 2.91. The maximum Gasteiger partial charge on any atom is 0.0449 e. The Kier molecular flexibility index (Phi) is 5.71. The summed E-state index contributed by atoms with van der Waals surface area (Å²) in [6, 6.07) is 6.03. The van der Waals surface area contributed by atoms with Gasteiger partial charge < -0.3 is 5.32 Å². The van der Waals surface area contributed by atoms with E-state index in [0.29, 0.717) is 0 Å².